The summed E-state index contributed by atoms with van der Waals surface area (Å²) in [5.41, 5.74) is 0.913. The molecule has 2 nitrogen and oxygen atoms in total. The van der Waals surface area contributed by atoms with Crippen molar-refractivity contribution in [2.24, 2.45) is 5.92 Å². The summed E-state index contributed by atoms with van der Waals surface area (Å²) in [6.45, 7) is 3.93. The molecule has 0 aliphatic rings. The van der Waals surface area contributed by atoms with Crippen LogP contribution in [0.4, 0.5) is 0 Å². The smallest absolute Gasteiger partial charge is 0.244 e. The lowest BCUT2D eigenvalue weighted by Gasteiger charge is -2.14. The van der Waals surface area contributed by atoms with Crippen LogP contribution in [0.2, 0.25) is 5.02 Å². The lowest BCUT2D eigenvalue weighted by atomic mass is 10.1. The van der Waals surface area contributed by atoms with E-state index in [1.807, 2.05) is 26.0 Å². The van der Waals surface area contributed by atoms with Crippen molar-refractivity contribution in [2.45, 2.75) is 19.9 Å². The van der Waals surface area contributed by atoms with Crippen LogP contribution in [0.5, 0.6) is 0 Å². The molecule has 0 aliphatic carbocycles. The maximum atomic E-state index is 11.6. The van der Waals surface area contributed by atoms with Crippen molar-refractivity contribution in [1.29, 1.82) is 0 Å². The van der Waals surface area contributed by atoms with E-state index in [0.717, 1.165) is 5.56 Å². The summed E-state index contributed by atoms with van der Waals surface area (Å²) in [7, 11) is 0. The summed E-state index contributed by atoms with van der Waals surface area (Å²) in [5.74, 6) is 2.57. The van der Waals surface area contributed by atoms with Gasteiger partial charge >= 0.3 is 0 Å². The Morgan fingerprint density at radius 1 is 1.39 bits per heavy atom. The third-order valence-corrected chi connectivity index (χ3v) is 2.69. The van der Waals surface area contributed by atoms with E-state index in [2.05, 4.69) is 11.2 Å². The Morgan fingerprint density at radius 2 is 2.00 bits per heavy atom. The van der Waals surface area contributed by atoms with E-state index in [1.165, 1.54) is 6.08 Å². The average molecular weight is 262 g/mol. The molecule has 18 heavy (non-hydrogen) atoms. The molecule has 1 amide bonds. The van der Waals surface area contributed by atoms with Crippen molar-refractivity contribution >= 4 is 23.6 Å². The maximum Gasteiger partial charge on any atom is 0.244 e. The predicted octanol–water partition coefficient (Wildman–Crippen LogP) is 3.13. The molecule has 0 spiro atoms. The van der Waals surface area contributed by atoms with E-state index in [4.69, 9.17) is 18.0 Å². The number of terminal acetylenes is 1. The van der Waals surface area contributed by atoms with Crippen molar-refractivity contribution in [3.8, 4) is 12.3 Å². The van der Waals surface area contributed by atoms with E-state index in [1.54, 1.807) is 18.2 Å². The highest BCUT2D eigenvalue weighted by atomic mass is 35.5. The van der Waals surface area contributed by atoms with Crippen LogP contribution < -0.4 is 5.32 Å². The molecular weight excluding hydrogens is 246 g/mol. The van der Waals surface area contributed by atoms with E-state index in [9.17, 15) is 4.79 Å². The molecule has 1 atom stereocenters. The summed E-state index contributed by atoms with van der Waals surface area (Å²) in [6, 6.07) is 6.99. The number of hydrogen-bond acceptors (Lipinski definition) is 1. The zero-order valence-corrected chi connectivity index (χ0v) is 11.2. The van der Waals surface area contributed by atoms with Crippen molar-refractivity contribution in [2.75, 3.05) is 0 Å². The average Bonchev–Trinajstić information content (AvgIpc) is 2.35. The number of carbonyl (C=O) groups excluding carboxylic acids is 1. The molecule has 0 heterocycles. The van der Waals surface area contributed by atoms with Gasteiger partial charge in [0.15, 0.2) is 0 Å². The summed E-state index contributed by atoms with van der Waals surface area (Å²) in [5, 5.41) is 3.43. The van der Waals surface area contributed by atoms with Crippen LogP contribution in [0, 0.1) is 18.3 Å². The molecule has 94 valence electrons. The van der Waals surface area contributed by atoms with Crippen LogP contribution in [0.25, 0.3) is 6.08 Å². The number of carbonyl (C=O) groups is 1. The van der Waals surface area contributed by atoms with E-state index in [-0.39, 0.29) is 17.9 Å². The molecule has 0 saturated heterocycles. The molecule has 0 aliphatic heterocycles. The minimum atomic E-state index is -0.243. The molecule has 1 aromatic carbocycles. The number of hydrogen-bond donors (Lipinski definition) is 1. The van der Waals surface area contributed by atoms with Gasteiger partial charge in [0, 0.05) is 11.1 Å². The first kappa shape index (κ1) is 14.3. The van der Waals surface area contributed by atoms with E-state index >= 15 is 0 Å². The highest BCUT2D eigenvalue weighted by molar-refractivity contribution is 6.30. The molecule has 1 N–H and O–H groups in total. The standard InChI is InChI=1S/C15H16ClNO/c1-4-14(11(2)3)17-15(18)10-7-12-5-8-13(16)9-6-12/h1,5-11,14H,2-3H3,(H,17,18)/b10-7+. The van der Waals surface area contributed by atoms with Gasteiger partial charge in [-0.05, 0) is 29.7 Å². The highest BCUT2D eigenvalue weighted by Gasteiger charge is 2.10. The Hall–Kier alpha value is -1.72. The van der Waals surface area contributed by atoms with Crippen LogP contribution in [-0.4, -0.2) is 11.9 Å². The van der Waals surface area contributed by atoms with Gasteiger partial charge in [-0.3, -0.25) is 4.79 Å². The molecular formula is C15H16ClNO. The summed E-state index contributed by atoms with van der Waals surface area (Å²) in [6.07, 6.45) is 8.53. The van der Waals surface area contributed by atoms with Crippen LogP contribution in [0.3, 0.4) is 0 Å². The van der Waals surface area contributed by atoms with Gasteiger partial charge in [0.1, 0.15) is 0 Å². The van der Waals surface area contributed by atoms with Gasteiger partial charge in [-0.2, -0.15) is 0 Å². The SMILES string of the molecule is C#CC(NC(=O)/C=C/c1ccc(Cl)cc1)C(C)C. The second-order valence-electron chi connectivity index (χ2n) is 4.28. The minimum absolute atomic E-state index is 0.193. The van der Waals surface area contributed by atoms with Crippen molar-refractivity contribution in [3.05, 3.63) is 40.9 Å². The Bertz CT molecular complexity index is 468. The van der Waals surface area contributed by atoms with Gasteiger partial charge in [0.05, 0.1) is 6.04 Å². The maximum absolute atomic E-state index is 11.6. The Kier molecular flexibility index (Phi) is 5.48. The first-order valence-corrected chi connectivity index (χ1v) is 6.11. The molecule has 1 rings (SSSR count). The molecule has 0 fully saturated rings. The van der Waals surface area contributed by atoms with Crippen LogP contribution >= 0.6 is 11.6 Å². The zero-order chi connectivity index (χ0) is 13.5. The van der Waals surface area contributed by atoms with Crippen molar-refractivity contribution in [1.82, 2.24) is 5.32 Å². The fraction of sp³-hybridized carbons (Fsp3) is 0.267. The van der Waals surface area contributed by atoms with Crippen LogP contribution in [0.15, 0.2) is 30.3 Å². The first-order chi connectivity index (χ1) is 8.52. The van der Waals surface area contributed by atoms with Crippen molar-refractivity contribution in [3.63, 3.8) is 0 Å². The highest BCUT2D eigenvalue weighted by Crippen LogP contribution is 2.10. The third-order valence-electron chi connectivity index (χ3n) is 2.44. The largest absolute Gasteiger partial charge is 0.339 e. The van der Waals surface area contributed by atoms with Gasteiger partial charge in [-0.1, -0.05) is 43.5 Å². The molecule has 0 aromatic heterocycles. The van der Waals surface area contributed by atoms with Crippen LogP contribution in [-0.2, 0) is 4.79 Å². The lowest BCUT2D eigenvalue weighted by molar-refractivity contribution is -0.117. The topological polar surface area (TPSA) is 29.1 Å². The van der Waals surface area contributed by atoms with E-state index in [0.29, 0.717) is 5.02 Å². The quantitative estimate of drug-likeness (QED) is 0.655. The molecule has 0 bridgehead atoms. The number of rotatable bonds is 4. The summed E-state index contributed by atoms with van der Waals surface area (Å²) in [4.78, 5) is 11.6. The summed E-state index contributed by atoms with van der Waals surface area (Å²) < 4.78 is 0. The lowest BCUT2D eigenvalue weighted by Crippen LogP contribution is -2.36. The Morgan fingerprint density at radius 3 is 2.50 bits per heavy atom. The predicted molar refractivity (Wildman–Crippen MR) is 76.1 cm³/mol. The van der Waals surface area contributed by atoms with Gasteiger partial charge in [0.2, 0.25) is 5.91 Å². The molecule has 1 aromatic rings. The minimum Gasteiger partial charge on any atom is -0.339 e. The van der Waals surface area contributed by atoms with Gasteiger partial charge in [-0.25, -0.2) is 0 Å². The number of halogens is 1. The fourth-order valence-corrected chi connectivity index (χ4v) is 1.47. The molecule has 1 unspecified atom stereocenters. The molecule has 0 saturated carbocycles. The van der Waals surface area contributed by atoms with Gasteiger partial charge in [0.25, 0.3) is 0 Å². The monoisotopic (exact) mass is 261 g/mol. The Labute approximate surface area is 113 Å². The third kappa shape index (κ3) is 4.65. The summed E-state index contributed by atoms with van der Waals surface area (Å²) >= 11 is 5.77. The molecule has 3 heteroatoms. The number of amides is 1. The van der Waals surface area contributed by atoms with Crippen LogP contribution in [0.1, 0.15) is 19.4 Å². The zero-order valence-electron chi connectivity index (χ0n) is 10.5. The second-order valence-corrected chi connectivity index (χ2v) is 4.72. The number of benzene rings is 1. The first-order valence-electron chi connectivity index (χ1n) is 5.73. The Balaban J connectivity index is 2.60. The fourth-order valence-electron chi connectivity index (χ4n) is 1.35. The normalized spacial score (nSPS) is 12.4. The van der Waals surface area contributed by atoms with Gasteiger partial charge in [-0.15, -0.1) is 6.42 Å². The van der Waals surface area contributed by atoms with Crippen molar-refractivity contribution < 1.29 is 4.79 Å². The van der Waals surface area contributed by atoms with E-state index < -0.39 is 0 Å². The number of nitrogens with one attached hydrogen (secondary N) is 1. The second kappa shape index (κ2) is 6.88. The molecule has 0 radical (unpaired) electrons. The van der Waals surface area contributed by atoms with Gasteiger partial charge < -0.3 is 5.32 Å².